The van der Waals surface area contributed by atoms with Crippen molar-refractivity contribution in [1.29, 1.82) is 0 Å². The predicted molar refractivity (Wildman–Crippen MR) is 105 cm³/mol. The van der Waals surface area contributed by atoms with Crippen LogP contribution in [0.2, 0.25) is 0 Å². The van der Waals surface area contributed by atoms with E-state index in [1.807, 2.05) is 0 Å². The van der Waals surface area contributed by atoms with Gasteiger partial charge in [-0.1, -0.05) is 46.0 Å². The van der Waals surface area contributed by atoms with Gasteiger partial charge in [-0.05, 0) is 93.8 Å². The van der Waals surface area contributed by atoms with E-state index in [2.05, 4.69) is 20.8 Å². The summed E-state index contributed by atoms with van der Waals surface area (Å²) >= 11 is 0. The quantitative estimate of drug-likeness (QED) is 0.568. The Morgan fingerprint density at radius 2 is 1.29 bits per heavy atom. The molecule has 3 aliphatic carbocycles. The summed E-state index contributed by atoms with van der Waals surface area (Å²) < 4.78 is 0. The van der Waals surface area contributed by atoms with Gasteiger partial charge >= 0.3 is 0 Å². The van der Waals surface area contributed by atoms with E-state index in [9.17, 15) is 0 Å². The van der Waals surface area contributed by atoms with Gasteiger partial charge in [-0.2, -0.15) is 0 Å². The molecule has 0 heterocycles. The third-order valence-electron chi connectivity index (χ3n) is 8.73. The summed E-state index contributed by atoms with van der Waals surface area (Å²) in [7, 11) is 0. The van der Waals surface area contributed by atoms with Crippen molar-refractivity contribution in [2.24, 2.45) is 34.8 Å². The lowest BCUT2D eigenvalue weighted by Crippen LogP contribution is -2.43. The fourth-order valence-electron chi connectivity index (χ4n) is 6.40. The Morgan fingerprint density at radius 1 is 0.708 bits per heavy atom. The van der Waals surface area contributed by atoms with Crippen LogP contribution in [0.3, 0.4) is 0 Å². The van der Waals surface area contributed by atoms with E-state index >= 15 is 0 Å². The van der Waals surface area contributed by atoms with E-state index in [-0.39, 0.29) is 5.54 Å². The van der Waals surface area contributed by atoms with Gasteiger partial charge < -0.3 is 5.73 Å². The molecule has 140 valence electrons. The van der Waals surface area contributed by atoms with Gasteiger partial charge in [0.05, 0.1) is 0 Å². The zero-order valence-corrected chi connectivity index (χ0v) is 16.8. The molecule has 3 rings (SSSR count). The zero-order chi connectivity index (χ0) is 17.2. The van der Waals surface area contributed by atoms with E-state index in [0.29, 0.717) is 11.3 Å². The molecular weight excluding hydrogens is 290 g/mol. The van der Waals surface area contributed by atoms with Crippen LogP contribution in [0, 0.1) is 29.1 Å². The third kappa shape index (κ3) is 4.19. The molecule has 5 unspecified atom stereocenters. The Hall–Kier alpha value is -0.0400. The van der Waals surface area contributed by atoms with Crippen LogP contribution in [-0.2, 0) is 0 Å². The minimum atomic E-state index is 0.0698. The largest absolute Gasteiger partial charge is 0.325 e. The first kappa shape index (κ1) is 18.7. The molecule has 3 aliphatic rings. The topological polar surface area (TPSA) is 26.0 Å². The highest BCUT2D eigenvalue weighted by atomic mass is 14.7. The van der Waals surface area contributed by atoms with Gasteiger partial charge in [0.1, 0.15) is 0 Å². The molecule has 0 aromatic rings. The third-order valence-corrected chi connectivity index (χ3v) is 8.73. The lowest BCUT2D eigenvalue weighted by atomic mass is 9.67. The second-order valence-corrected chi connectivity index (χ2v) is 10.5. The second-order valence-electron chi connectivity index (χ2n) is 10.5. The van der Waals surface area contributed by atoms with Gasteiger partial charge in [-0.15, -0.1) is 0 Å². The highest BCUT2D eigenvalue weighted by Crippen LogP contribution is 2.51. The maximum absolute atomic E-state index is 6.73. The average Bonchev–Trinajstić information content (AvgIpc) is 2.71. The number of nitrogens with two attached hydrogens (primary N) is 1. The zero-order valence-electron chi connectivity index (χ0n) is 16.8. The van der Waals surface area contributed by atoms with Gasteiger partial charge in [-0.3, -0.25) is 0 Å². The fraction of sp³-hybridized carbons (Fsp3) is 1.00. The van der Waals surface area contributed by atoms with Gasteiger partial charge in [0.2, 0.25) is 0 Å². The van der Waals surface area contributed by atoms with Crippen molar-refractivity contribution in [2.45, 2.75) is 116 Å². The van der Waals surface area contributed by atoms with Crippen molar-refractivity contribution < 1.29 is 0 Å². The van der Waals surface area contributed by atoms with Crippen molar-refractivity contribution >= 4 is 0 Å². The Bertz CT molecular complexity index is 393. The molecule has 5 atom stereocenters. The SMILES string of the molecule is CC1CCC2CCC(C)(C3CCCCCCC3)CCC2CC1(C)N. The van der Waals surface area contributed by atoms with E-state index in [1.165, 1.54) is 89.9 Å². The highest BCUT2D eigenvalue weighted by molar-refractivity contribution is 4.96. The van der Waals surface area contributed by atoms with Crippen LogP contribution < -0.4 is 5.73 Å². The maximum atomic E-state index is 6.73. The molecule has 0 aliphatic heterocycles. The highest BCUT2D eigenvalue weighted by Gasteiger charge is 2.42. The van der Waals surface area contributed by atoms with Crippen LogP contribution in [-0.4, -0.2) is 5.54 Å². The van der Waals surface area contributed by atoms with Crippen molar-refractivity contribution in [1.82, 2.24) is 0 Å². The Labute approximate surface area is 151 Å². The average molecular weight is 334 g/mol. The minimum absolute atomic E-state index is 0.0698. The number of hydrogen-bond donors (Lipinski definition) is 1. The molecule has 1 heteroatoms. The molecule has 0 radical (unpaired) electrons. The molecule has 0 spiro atoms. The first-order valence-electron chi connectivity index (χ1n) is 11.2. The van der Waals surface area contributed by atoms with Crippen LogP contribution in [0.15, 0.2) is 0 Å². The predicted octanol–water partition coefficient (Wildman–Crippen LogP) is 6.70. The summed E-state index contributed by atoms with van der Waals surface area (Å²) in [5, 5.41) is 0. The van der Waals surface area contributed by atoms with Crippen molar-refractivity contribution in [3.63, 3.8) is 0 Å². The van der Waals surface area contributed by atoms with E-state index in [4.69, 9.17) is 5.73 Å². The smallest absolute Gasteiger partial charge is 0.0154 e. The minimum Gasteiger partial charge on any atom is -0.325 e. The molecule has 0 amide bonds. The van der Waals surface area contributed by atoms with Gasteiger partial charge in [0.15, 0.2) is 0 Å². The number of hydrogen-bond acceptors (Lipinski definition) is 1. The Morgan fingerprint density at radius 3 is 1.96 bits per heavy atom. The summed E-state index contributed by atoms with van der Waals surface area (Å²) in [4.78, 5) is 0. The molecule has 0 bridgehead atoms. The van der Waals surface area contributed by atoms with Gasteiger partial charge in [-0.25, -0.2) is 0 Å². The Balaban J connectivity index is 1.68. The number of rotatable bonds is 1. The summed E-state index contributed by atoms with van der Waals surface area (Å²) in [5.74, 6) is 3.57. The molecule has 24 heavy (non-hydrogen) atoms. The maximum Gasteiger partial charge on any atom is 0.0154 e. The molecular formula is C23H43N. The van der Waals surface area contributed by atoms with Crippen LogP contribution in [0.1, 0.15) is 111 Å². The van der Waals surface area contributed by atoms with Crippen LogP contribution in [0.5, 0.6) is 0 Å². The van der Waals surface area contributed by atoms with E-state index in [1.54, 1.807) is 0 Å². The first-order chi connectivity index (χ1) is 11.4. The summed E-state index contributed by atoms with van der Waals surface area (Å²) in [6, 6.07) is 0. The van der Waals surface area contributed by atoms with Gasteiger partial charge in [0.25, 0.3) is 0 Å². The summed E-state index contributed by atoms with van der Waals surface area (Å²) in [6.07, 6.45) is 20.5. The summed E-state index contributed by atoms with van der Waals surface area (Å²) in [5.41, 5.74) is 7.42. The molecule has 3 saturated carbocycles. The van der Waals surface area contributed by atoms with Crippen LogP contribution in [0.25, 0.3) is 0 Å². The van der Waals surface area contributed by atoms with E-state index in [0.717, 1.165) is 17.8 Å². The molecule has 0 saturated heterocycles. The van der Waals surface area contributed by atoms with Crippen LogP contribution in [0.4, 0.5) is 0 Å². The van der Waals surface area contributed by atoms with E-state index < -0.39 is 0 Å². The normalized spacial score (nSPS) is 46.2. The lowest BCUT2D eigenvalue weighted by molar-refractivity contribution is 0.121. The standard InChI is InChI=1S/C23H43N/c1-18-11-12-19-13-15-22(2,16-14-20(19)17-23(18,3)24)21-9-7-5-4-6-8-10-21/h18-21H,4-17,24H2,1-3H3. The Kier molecular flexibility index (Phi) is 6.00. The molecule has 0 aromatic heterocycles. The lowest BCUT2D eigenvalue weighted by Gasteiger charge is -2.39. The first-order valence-corrected chi connectivity index (χ1v) is 11.2. The molecule has 2 N–H and O–H groups in total. The molecule has 0 aromatic carbocycles. The fourth-order valence-corrected chi connectivity index (χ4v) is 6.40. The van der Waals surface area contributed by atoms with Crippen molar-refractivity contribution in [3.05, 3.63) is 0 Å². The molecule has 1 nitrogen and oxygen atoms in total. The second kappa shape index (κ2) is 7.68. The monoisotopic (exact) mass is 333 g/mol. The van der Waals surface area contributed by atoms with Gasteiger partial charge in [0, 0.05) is 5.54 Å². The number of fused-ring (bicyclic) bond motifs is 1. The van der Waals surface area contributed by atoms with Crippen molar-refractivity contribution in [2.75, 3.05) is 0 Å². The van der Waals surface area contributed by atoms with Crippen molar-refractivity contribution in [3.8, 4) is 0 Å². The van der Waals surface area contributed by atoms with Crippen LogP contribution >= 0.6 is 0 Å². The molecule has 3 fully saturated rings. The summed E-state index contributed by atoms with van der Waals surface area (Å²) in [6.45, 7) is 7.39.